The van der Waals surface area contributed by atoms with Gasteiger partial charge in [0.05, 0.1) is 18.6 Å². The Morgan fingerprint density at radius 2 is 1.93 bits per heavy atom. The second kappa shape index (κ2) is 7.94. The van der Waals surface area contributed by atoms with E-state index in [0.717, 1.165) is 25.9 Å². The molecular formula is C20H24N6O3. The number of benzene rings is 1. The molecule has 2 aliphatic heterocycles. The number of ether oxygens (including phenoxy) is 1. The van der Waals surface area contributed by atoms with Crippen LogP contribution in [0.5, 0.6) is 5.75 Å². The minimum absolute atomic E-state index is 0.00832. The summed E-state index contributed by atoms with van der Waals surface area (Å²) >= 11 is 0. The maximum atomic E-state index is 12.9. The van der Waals surface area contributed by atoms with Gasteiger partial charge < -0.3 is 26.0 Å². The Labute approximate surface area is 168 Å². The molecule has 1 aromatic carbocycles. The van der Waals surface area contributed by atoms with Gasteiger partial charge in [0, 0.05) is 25.2 Å². The number of nitrogens with one attached hydrogen (secondary N) is 2. The van der Waals surface area contributed by atoms with Gasteiger partial charge in [0.15, 0.2) is 0 Å². The van der Waals surface area contributed by atoms with Crippen molar-refractivity contribution in [2.24, 2.45) is 0 Å². The highest BCUT2D eigenvalue weighted by atomic mass is 16.5. The highest BCUT2D eigenvalue weighted by Crippen LogP contribution is 2.37. The van der Waals surface area contributed by atoms with E-state index in [2.05, 4.69) is 25.5 Å². The summed E-state index contributed by atoms with van der Waals surface area (Å²) in [5.74, 6) is 0.388. The van der Waals surface area contributed by atoms with Gasteiger partial charge in [-0.05, 0) is 43.5 Å². The number of amides is 2. The summed E-state index contributed by atoms with van der Waals surface area (Å²) in [6.45, 7) is 1.71. The SMILES string of the molecule is COc1ccc(NC(=O)[C@@H]2CC(=O)Nc3nc(N4CCCCC4)nc(N)c32)cc1. The number of fused-ring (bicyclic) bond motifs is 1. The molecule has 2 aliphatic rings. The third kappa shape index (κ3) is 3.94. The molecule has 1 atom stereocenters. The molecule has 4 rings (SSSR count). The fourth-order valence-electron chi connectivity index (χ4n) is 3.75. The maximum Gasteiger partial charge on any atom is 0.232 e. The molecule has 0 aliphatic carbocycles. The van der Waals surface area contributed by atoms with Crippen LogP contribution in [0.2, 0.25) is 0 Å². The van der Waals surface area contributed by atoms with Gasteiger partial charge in [0.2, 0.25) is 17.8 Å². The first kappa shape index (κ1) is 19.0. The third-order valence-electron chi connectivity index (χ3n) is 5.27. The van der Waals surface area contributed by atoms with Crippen LogP contribution < -0.4 is 26.0 Å². The number of hydrogen-bond donors (Lipinski definition) is 3. The van der Waals surface area contributed by atoms with Crippen molar-refractivity contribution in [3.8, 4) is 5.75 Å². The van der Waals surface area contributed by atoms with E-state index in [-0.39, 0.29) is 24.1 Å². The van der Waals surface area contributed by atoms with E-state index in [0.29, 0.717) is 28.8 Å². The van der Waals surface area contributed by atoms with Crippen molar-refractivity contribution in [3.63, 3.8) is 0 Å². The standard InChI is InChI=1S/C20H24N6O3/c1-29-13-7-5-12(6-8-13)22-19(28)14-11-15(27)23-18-16(14)17(21)24-20(25-18)26-9-3-2-4-10-26/h5-8,14H,2-4,9-11H2,1H3,(H,22,28)(H3,21,23,24,25,27)/t14-/m1/s1. The van der Waals surface area contributed by atoms with E-state index in [1.807, 2.05) is 0 Å². The van der Waals surface area contributed by atoms with E-state index >= 15 is 0 Å². The molecule has 2 aromatic rings. The van der Waals surface area contributed by atoms with E-state index < -0.39 is 5.92 Å². The number of nitrogens with zero attached hydrogens (tertiary/aromatic N) is 3. The summed E-state index contributed by atoms with van der Waals surface area (Å²) in [5, 5.41) is 5.58. The Morgan fingerprint density at radius 3 is 2.62 bits per heavy atom. The van der Waals surface area contributed by atoms with E-state index in [1.54, 1.807) is 31.4 Å². The number of piperidine rings is 1. The van der Waals surface area contributed by atoms with Gasteiger partial charge in [-0.3, -0.25) is 9.59 Å². The zero-order valence-electron chi connectivity index (χ0n) is 16.3. The van der Waals surface area contributed by atoms with Crippen molar-refractivity contribution in [1.29, 1.82) is 0 Å². The Balaban J connectivity index is 1.60. The monoisotopic (exact) mass is 396 g/mol. The summed E-state index contributed by atoms with van der Waals surface area (Å²) in [6, 6.07) is 6.97. The average molecular weight is 396 g/mol. The molecule has 152 valence electrons. The predicted octanol–water partition coefficient (Wildman–Crippen LogP) is 2.12. The second-order valence-corrected chi connectivity index (χ2v) is 7.24. The van der Waals surface area contributed by atoms with Crippen LogP contribution >= 0.6 is 0 Å². The van der Waals surface area contributed by atoms with Gasteiger partial charge in [0.25, 0.3) is 0 Å². The van der Waals surface area contributed by atoms with E-state index in [1.165, 1.54) is 6.42 Å². The Morgan fingerprint density at radius 1 is 1.21 bits per heavy atom. The largest absolute Gasteiger partial charge is 0.497 e. The van der Waals surface area contributed by atoms with E-state index in [9.17, 15) is 9.59 Å². The smallest absolute Gasteiger partial charge is 0.232 e. The number of carbonyl (C=O) groups is 2. The van der Waals surface area contributed by atoms with Gasteiger partial charge >= 0.3 is 0 Å². The maximum absolute atomic E-state index is 12.9. The summed E-state index contributed by atoms with van der Waals surface area (Å²) in [5.41, 5.74) is 7.30. The number of methoxy groups -OCH3 is 1. The van der Waals surface area contributed by atoms with Crippen LogP contribution in [0.1, 0.15) is 37.2 Å². The number of nitrogen functional groups attached to an aromatic ring is 1. The number of hydrogen-bond acceptors (Lipinski definition) is 7. The van der Waals surface area contributed by atoms with Crippen LogP contribution in [-0.4, -0.2) is 42.0 Å². The van der Waals surface area contributed by atoms with Crippen LogP contribution in [0.15, 0.2) is 24.3 Å². The van der Waals surface area contributed by atoms with Crippen molar-refractivity contribution in [3.05, 3.63) is 29.8 Å². The van der Waals surface area contributed by atoms with Gasteiger partial charge in [-0.25, -0.2) is 0 Å². The summed E-state index contributed by atoms with van der Waals surface area (Å²) in [6.07, 6.45) is 3.31. The molecule has 1 saturated heterocycles. The summed E-state index contributed by atoms with van der Waals surface area (Å²) in [7, 11) is 1.58. The molecule has 1 aromatic heterocycles. The molecule has 0 spiro atoms. The third-order valence-corrected chi connectivity index (χ3v) is 5.27. The fraction of sp³-hybridized carbons (Fsp3) is 0.400. The first-order chi connectivity index (χ1) is 14.0. The highest BCUT2D eigenvalue weighted by molar-refractivity contribution is 6.05. The second-order valence-electron chi connectivity index (χ2n) is 7.24. The van der Waals surface area contributed by atoms with Crippen molar-refractivity contribution >= 4 is 35.1 Å². The number of carbonyl (C=O) groups excluding carboxylic acids is 2. The molecule has 1 fully saturated rings. The number of aromatic nitrogens is 2. The molecule has 0 bridgehead atoms. The van der Waals surface area contributed by atoms with Crippen LogP contribution in [-0.2, 0) is 9.59 Å². The zero-order valence-corrected chi connectivity index (χ0v) is 16.3. The normalized spacial score (nSPS) is 18.6. The molecule has 0 unspecified atom stereocenters. The summed E-state index contributed by atoms with van der Waals surface area (Å²) < 4.78 is 5.13. The van der Waals surface area contributed by atoms with E-state index in [4.69, 9.17) is 10.5 Å². The molecule has 9 nitrogen and oxygen atoms in total. The molecule has 0 radical (unpaired) electrons. The first-order valence-corrected chi connectivity index (χ1v) is 9.72. The lowest BCUT2D eigenvalue weighted by Crippen LogP contribution is -2.35. The van der Waals surface area contributed by atoms with Crippen molar-refractivity contribution in [2.75, 3.05) is 41.5 Å². The number of rotatable bonds is 4. The minimum Gasteiger partial charge on any atom is -0.497 e. The zero-order chi connectivity index (χ0) is 20.4. The number of anilines is 4. The Hall–Kier alpha value is -3.36. The van der Waals surface area contributed by atoms with Crippen LogP contribution in [0.3, 0.4) is 0 Å². The topological polar surface area (TPSA) is 122 Å². The molecule has 9 heteroatoms. The van der Waals surface area contributed by atoms with Crippen molar-refractivity contribution in [2.45, 2.75) is 31.6 Å². The highest BCUT2D eigenvalue weighted by Gasteiger charge is 2.35. The molecular weight excluding hydrogens is 372 g/mol. The Bertz CT molecular complexity index is 925. The molecule has 3 heterocycles. The van der Waals surface area contributed by atoms with Crippen LogP contribution in [0, 0.1) is 0 Å². The van der Waals surface area contributed by atoms with Gasteiger partial charge in [-0.2, -0.15) is 9.97 Å². The molecule has 2 amide bonds. The number of nitrogens with two attached hydrogens (primary N) is 1. The van der Waals surface area contributed by atoms with Crippen molar-refractivity contribution in [1.82, 2.24) is 9.97 Å². The van der Waals surface area contributed by atoms with Gasteiger partial charge in [-0.15, -0.1) is 0 Å². The molecule has 4 N–H and O–H groups in total. The van der Waals surface area contributed by atoms with Crippen LogP contribution in [0.4, 0.5) is 23.3 Å². The van der Waals surface area contributed by atoms with Gasteiger partial charge in [-0.1, -0.05) is 0 Å². The fourth-order valence-corrected chi connectivity index (χ4v) is 3.75. The first-order valence-electron chi connectivity index (χ1n) is 9.72. The summed E-state index contributed by atoms with van der Waals surface area (Å²) in [4.78, 5) is 36.2. The lowest BCUT2D eigenvalue weighted by Gasteiger charge is -2.30. The predicted molar refractivity (Wildman–Crippen MR) is 110 cm³/mol. The minimum atomic E-state index is -0.753. The lowest BCUT2D eigenvalue weighted by atomic mass is 9.92. The van der Waals surface area contributed by atoms with Gasteiger partial charge in [0.1, 0.15) is 17.4 Å². The lowest BCUT2D eigenvalue weighted by molar-refractivity contribution is -0.123. The Kier molecular flexibility index (Phi) is 5.20. The van der Waals surface area contributed by atoms with Crippen molar-refractivity contribution < 1.29 is 14.3 Å². The molecule has 0 saturated carbocycles. The molecule has 29 heavy (non-hydrogen) atoms. The van der Waals surface area contributed by atoms with Crippen LogP contribution in [0.25, 0.3) is 0 Å². The average Bonchev–Trinajstić information content (AvgIpc) is 2.74. The quantitative estimate of drug-likeness (QED) is 0.723.